The van der Waals surface area contributed by atoms with E-state index in [0.717, 1.165) is 17.7 Å². The number of anilines is 1. The largest absolute Gasteiger partial charge is 0.399 e. The van der Waals surface area contributed by atoms with Crippen LogP contribution < -0.4 is 11.1 Å². The van der Waals surface area contributed by atoms with Gasteiger partial charge in [0.05, 0.1) is 0 Å². The number of nitrogen functional groups attached to an aromatic ring is 1. The predicted molar refractivity (Wildman–Crippen MR) is 60.0 cm³/mol. The molecule has 1 aliphatic carbocycles. The Morgan fingerprint density at radius 3 is 2.60 bits per heavy atom. The highest BCUT2D eigenvalue weighted by molar-refractivity contribution is 5.81. The molecule has 0 bridgehead atoms. The molecule has 2 unspecified atom stereocenters. The van der Waals surface area contributed by atoms with Crippen LogP contribution >= 0.6 is 0 Å². The van der Waals surface area contributed by atoms with Gasteiger partial charge in [0.2, 0.25) is 5.91 Å². The molecule has 1 aromatic carbocycles. The van der Waals surface area contributed by atoms with Gasteiger partial charge in [0.1, 0.15) is 0 Å². The minimum Gasteiger partial charge on any atom is -0.399 e. The van der Waals surface area contributed by atoms with Crippen molar-refractivity contribution in [1.82, 2.24) is 5.32 Å². The number of hydrogen-bond acceptors (Lipinski definition) is 2. The van der Waals surface area contributed by atoms with E-state index >= 15 is 0 Å². The molecule has 0 heterocycles. The highest BCUT2D eigenvalue weighted by atomic mass is 16.2. The van der Waals surface area contributed by atoms with E-state index in [1.807, 2.05) is 24.3 Å². The summed E-state index contributed by atoms with van der Waals surface area (Å²) in [5, 5.41) is 2.93. The zero-order chi connectivity index (χ0) is 10.8. The lowest BCUT2D eigenvalue weighted by Gasteiger charge is -2.04. The van der Waals surface area contributed by atoms with Crippen molar-refractivity contribution in [3.63, 3.8) is 0 Å². The second-order valence-corrected chi connectivity index (χ2v) is 4.28. The molecule has 0 radical (unpaired) electrons. The van der Waals surface area contributed by atoms with Gasteiger partial charge in [-0.15, -0.1) is 0 Å². The van der Waals surface area contributed by atoms with E-state index in [2.05, 4.69) is 12.2 Å². The second kappa shape index (κ2) is 3.93. The molecule has 0 aliphatic heterocycles. The van der Waals surface area contributed by atoms with E-state index in [9.17, 15) is 4.79 Å². The van der Waals surface area contributed by atoms with Crippen LogP contribution in [0.1, 0.15) is 18.9 Å². The van der Waals surface area contributed by atoms with E-state index in [1.54, 1.807) is 0 Å². The summed E-state index contributed by atoms with van der Waals surface area (Å²) in [5.74, 6) is 0.995. The molecule has 2 atom stereocenters. The van der Waals surface area contributed by atoms with Crippen LogP contribution in [-0.4, -0.2) is 5.91 Å². The Kier molecular flexibility index (Phi) is 2.62. The van der Waals surface area contributed by atoms with Crippen LogP contribution in [0.3, 0.4) is 0 Å². The molecule has 3 heteroatoms. The Hall–Kier alpha value is -1.51. The third-order valence-electron chi connectivity index (χ3n) is 2.89. The summed E-state index contributed by atoms with van der Waals surface area (Å²) in [6.07, 6.45) is 1.04. The number of benzene rings is 1. The monoisotopic (exact) mass is 204 g/mol. The summed E-state index contributed by atoms with van der Waals surface area (Å²) in [6.45, 7) is 2.70. The standard InChI is InChI=1S/C12H16N2O/c1-8-6-11(8)12(15)14-7-9-2-4-10(13)5-3-9/h2-5,8,11H,6-7,13H2,1H3,(H,14,15). The Balaban J connectivity index is 1.82. The van der Waals surface area contributed by atoms with E-state index in [-0.39, 0.29) is 11.8 Å². The Morgan fingerprint density at radius 1 is 1.47 bits per heavy atom. The topological polar surface area (TPSA) is 55.1 Å². The number of nitrogens with two attached hydrogens (primary N) is 1. The highest BCUT2D eigenvalue weighted by Gasteiger charge is 2.38. The predicted octanol–water partition coefficient (Wildman–Crippen LogP) is 1.54. The molecular weight excluding hydrogens is 188 g/mol. The molecule has 15 heavy (non-hydrogen) atoms. The fourth-order valence-electron chi connectivity index (χ4n) is 1.64. The van der Waals surface area contributed by atoms with Gasteiger partial charge >= 0.3 is 0 Å². The molecule has 2 rings (SSSR count). The van der Waals surface area contributed by atoms with Crippen LogP contribution in [0.25, 0.3) is 0 Å². The first-order valence-corrected chi connectivity index (χ1v) is 5.29. The van der Waals surface area contributed by atoms with Gasteiger partial charge < -0.3 is 11.1 Å². The van der Waals surface area contributed by atoms with Gasteiger partial charge in [-0.25, -0.2) is 0 Å². The molecule has 1 amide bonds. The third kappa shape index (κ3) is 2.49. The van der Waals surface area contributed by atoms with Crippen molar-refractivity contribution >= 4 is 11.6 Å². The van der Waals surface area contributed by atoms with Crippen molar-refractivity contribution in [1.29, 1.82) is 0 Å². The van der Waals surface area contributed by atoms with Crippen molar-refractivity contribution in [2.24, 2.45) is 11.8 Å². The number of rotatable bonds is 3. The van der Waals surface area contributed by atoms with Gasteiger partial charge in [0.15, 0.2) is 0 Å². The maximum atomic E-state index is 11.5. The van der Waals surface area contributed by atoms with Crippen LogP contribution in [0.4, 0.5) is 5.69 Å². The van der Waals surface area contributed by atoms with Crippen molar-refractivity contribution < 1.29 is 4.79 Å². The maximum Gasteiger partial charge on any atom is 0.223 e. The molecule has 0 saturated heterocycles. The minimum absolute atomic E-state index is 0.180. The zero-order valence-electron chi connectivity index (χ0n) is 8.86. The molecule has 1 fully saturated rings. The van der Waals surface area contributed by atoms with Crippen LogP contribution in [0.5, 0.6) is 0 Å². The van der Waals surface area contributed by atoms with Crippen molar-refractivity contribution in [2.45, 2.75) is 19.9 Å². The molecular formula is C12H16N2O. The van der Waals surface area contributed by atoms with Gasteiger partial charge in [0, 0.05) is 18.2 Å². The minimum atomic E-state index is 0.180. The first kappa shape index (κ1) is 10.0. The first-order valence-electron chi connectivity index (χ1n) is 5.29. The molecule has 0 aromatic heterocycles. The van der Waals surface area contributed by atoms with Crippen LogP contribution in [-0.2, 0) is 11.3 Å². The van der Waals surface area contributed by atoms with Crippen LogP contribution in [0.2, 0.25) is 0 Å². The maximum absolute atomic E-state index is 11.5. The summed E-state index contributed by atoms with van der Waals surface area (Å²) in [7, 11) is 0. The second-order valence-electron chi connectivity index (χ2n) is 4.28. The van der Waals surface area contributed by atoms with E-state index in [1.165, 1.54) is 0 Å². The van der Waals surface area contributed by atoms with E-state index in [4.69, 9.17) is 5.73 Å². The van der Waals surface area contributed by atoms with Crippen molar-refractivity contribution in [3.05, 3.63) is 29.8 Å². The lowest BCUT2D eigenvalue weighted by atomic mass is 10.2. The fourth-order valence-corrected chi connectivity index (χ4v) is 1.64. The number of amides is 1. The molecule has 3 N–H and O–H groups in total. The Bertz CT molecular complexity index is 358. The molecule has 1 saturated carbocycles. The molecule has 80 valence electrons. The van der Waals surface area contributed by atoms with Crippen molar-refractivity contribution in [3.8, 4) is 0 Å². The zero-order valence-corrected chi connectivity index (χ0v) is 8.86. The molecule has 1 aliphatic rings. The van der Waals surface area contributed by atoms with Crippen LogP contribution in [0, 0.1) is 11.8 Å². The highest BCUT2D eigenvalue weighted by Crippen LogP contribution is 2.37. The smallest absolute Gasteiger partial charge is 0.223 e. The van der Waals surface area contributed by atoms with Gasteiger partial charge in [-0.05, 0) is 30.0 Å². The lowest BCUT2D eigenvalue weighted by molar-refractivity contribution is -0.122. The molecule has 1 aromatic rings. The fraction of sp³-hybridized carbons (Fsp3) is 0.417. The van der Waals surface area contributed by atoms with Gasteiger partial charge in [-0.3, -0.25) is 4.79 Å². The number of carbonyl (C=O) groups is 1. The van der Waals surface area contributed by atoms with E-state index < -0.39 is 0 Å². The number of carbonyl (C=O) groups excluding carboxylic acids is 1. The summed E-state index contributed by atoms with van der Waals surface area (Å²) in [6, 6.07) is 7.57. The summed E-state index contributed by atoms with van der Waals surface area (Å²) in [4.78, 5) is 11.5. The Morgan fingerprint density at radius 2 is 2.07 bits per heavy atom. The number of hydrogen-bond donors (Lipinski definition) is 2. The van der Waals surface area contributed by atoms with Crippen molar-refractivity contribution in [2.75, 3.05) is 5.73 Å². The summed E-state index contributed by atoms with van der Waals surface area (Å²) < 4.78 is 0. The summed E-state index contributed by atoms with van der Waals surface area (Å²) in [5.41, 5.74) is 7.41. The molecule has 3 nitrogen and oxygen atoms in total. The van der Waals surface area contributed by atoms with Gasteiger partial charge in [-0.2, -0.15) is 0 Å². The van der Waals surface area contributed by atoms with Crippen LogP contribution in [0.15, 0.2) is 24.3 Å². The lowest BCUT2D eigenvalue weighted by Crippen LogP contribution is -2.24. The molecule has 0 spiro atoms. The van der Waals surface area contributed by atoms with Gasteiger partial charge in [-0.1, -0.05) is 19.1 Å². The first-order chi connectivity index (χ1) is 7.16. The summed E-state index contributed by atoms with van der Waals surface area (Å²) >= 11 is 0. The average molecular weight is 204 g/mol. The SMILES string of the molecule is CC1CC1C(=O)NCc1ccc(N)cc1. The quantitative estimate of drug-likeness (QED) is 0.734. The van der Waals surface area contributed by atoms with E-state index in [0.29, 0.717) is 12.5 Å². The normalized spacial score (nSPS) is 23.5. The van der Waals surface area contributed by atoms with Gasteiger partial charge in [0.25, 0.3) is 0 Å². The third-order valence-corrected chi connectivity index (χ3v) is 2.89. The average Bonchev–Trinajstić information content (AvgIpc) is 2.94. The Labute approximate surface area is 89.7 Å². The number of nitrogens with one attached hydrogen (secondary N) is 1.